The maximum Gasteiger partial charge on any atom is 0.126 e. The van der Waals surface area contributed by atoms with Crippen LogP contribution in [0.2, 0.25) is 0 Å². The summed E-state index contributed by atoms with van der Waals surface area (Å²) in [5.74, 6) is -0.364. The second-order valence-electron chi connectivity index (χ2n) is 4.67. The number of halogens is 1. The third-order valence-corrected chi connectivity index (χ3v) is 3.42. The van der Waals surface area contributed by atoms with E-state index in [1.807, 2.05) is 6.07 Å². The van der Waals surface area contributed by atoms with E-state index in [-0.39, 0.29) is 12.4 Å². The van der Waals surface area contributed by atoms with Crippen molar-refractivity contribution in [1.29, 1.82) is 5.26 Å². The van der Waals surface area contributed by atoms with Crippen LogP contribution >= 0.6 is 0 Å². The third kappa shape index (κ3) is 2.80. The Kier molecular flexibility index (Phi) is 4.16. The highest BCUT2D eigenvalue weighted by atomic mass is 19.1. The molecule has 1 aromatic carbocycles. The first-order valence-corrected chi connectivity index (χ1v) is 6.33. The minimum Gasteiger partial charge on any atom is -0.396 e. The molecule has 96 valence electrons. The molecule has 1 unspecified atom stereocenters. The number of hydrogen-bond donors (Lipinski definition) is 1. The molecule has 0 aliphatic carbocycles. The van der Waals surface area contributed by atoms with Gasteiger partial charge in [-0.05, 0) is 43.9 Å². The Bertz CT molecular complexity index is 456. The van der Waals surface area contributed by atoms with E-state index in [0.29, 0.717) is 11.6 Å². The molecule has 0 saturated carbocycles. The summed E-state index contributed by atoms with van der Waals surface area (Å²) < 4.78 is 13.4. The summed E-state index contributed by atoms with van der Waals surface area (Å²) in [5.41, 5.74) is 1.14. The SMILES string of the molecule is N#Cc1cc(F)cc(N2CCCC2CCCO)c1. The van der Waals surface area contributed by atoms with Crippen molar-refractivity contribution in [3.63, 3.8) is 0 Å². The Morgan fingerprint density at radius 3 is 3.00 bits per heavy atom. The summed E-state index contributed by atoms with van der Waals surface area (Å²) in [5, 5.41) is 17.8. The fraction of sp³-hybridized carbons (Fsp3) is 0.500. The number of anilines is 1. The van der Waals surface area contributed by atoms with Crippen molar-refractivity contribution in [1.82, 2.24) is 0 Å². The van der Waals surface area contributed by atoms with E-state index in [0.717, 1.165) is 37.9 Å². The topological polar surface area (TPSA) is 47.3 Å². The molecule has 0 bridgehead atoms. The summed E-state index contributed by atoms with van der Waals surface area (Å²) in [7, 11) is 0. The minimum atomic E-state index is -0.364. The van der Waals surface area contributed by atoms with Gasteiger partial charge in [0.1, 0.15) is 5.82 Å². The Morgan fingerprint density at radius 1 is 1.44 bits per heavy atom. The van der Waals surface area contributed by atoms with Gasteiger partial charge in [0.15, 0.2) is 0 Å². The predicted molar refractivity (Wildman–Crippen MR) is 67.8 cm³/mol. The van der Waals surface area contributed by atoms with E-state index < -0.39 is 0 Å². The third-order valence-electron chi connectivity index (χ3n) is 3.42. The van der Waals surface area contributed by atoms with Gasteiger partial charge in [-0.2, -0.15) is 5.26 Å². The number of nitriles is 1. The van der Waals surface area contributed by atoms with Gasteiger partial charge in [0, 0.05) is 24.9 Å². The van der Waals surface area contributed by atoms with Gasteiger partial charge in [-0.3, -0.25) is 0 Å². The summed E-state index contributed by atoms with van der Waals surface area (Å²) in [6.45, 7) is 1.08. The fourth-order valence-electron chi connectivity index (χ4n) is 2.61. The highest BCUT2D eigenvalue weighted by Gasteiger charge is 2.24. The molecule has 0 spiro atoms. The number of aliphatic hydroxyl groups is 1. The zero-order chi connectivity index (χ0) is 13.0. The average Bonchev–Trinajstić information content (AvgIpc) is 2.83. The molecule has 1 aliphatic rings. The van der Waals surface area contributed by atoms with Crippen molar-refractivity contribution in [3.05, 3.63) is 29.6 Å². The second-order valence-corrected chi connectivity index (χ2v) is 4.67. The maximum atomic E-state index is 13.4. The summed E-state index contributed by atoms with van der Waals surface area (Å²) in [4.78, 5) is 2.15. The zero-order valence-corrected chi connectivity index (χ0v) is 10.3. The van der Waals surface area contributed by atoms with Crippen LogP contribution in [0.25, 0.3) is 0 Å². The van der Waals surface area contributed by atoms with Gasteiger partial charge in [0.05, 0.1) is 11.6 Å². The number of nitrogens with zero attached hydrogens (tertiary/aromatic N) is 2. The van der Waals surface area contributed by atoms with Gasteiger partial charge < -0.3 is 10.0 Å². The lowest BCUT2D eigenvalue weighted by molar-refractivity contribution is 0.279. The predicted octanol–water partition coefficient (Wildman–Crippen LogP) is 2.44. The molecule has 18 heavy (non-hydrogen) atoms. The number of aliphatic hydroxyl groups excluding tert-OH is 1. The molecule has 1 N–H and O–H groups in total. The van der Waals surface area contributed by atoms with Gasteiger partial charge in [-0.1, -0.05) is 0 Å². The Labute approximate surface area is 106 Å². The zero-order valence-electron chi connectivity index (χ0n) is 10.3. The molecule has 3 nitrogen and oxygen atoms in total. The normalized spacial score (nSPS) is 18.9. The highest BCUT2D eigenvalue weighted by Crippen LogP contribution is 2.29. The second kappa shape index (κ2) is 5.83. The molecule has 4 heteroatoms. The van der Waals surface area contributed by atoms with Crippen molar-refractivity contribution in [2.24, 2.45) is 0 Å². The van der Waals surface area contributed by atoms with Gasteiger partial charge >= 0.3 is 0 Å². The van der Waals surface area contributed by atoms with Gasteiger partial charge in [-0.15, -0.1) is 0 Å². The van der Waals surface area contributed by atoms with E-state index in [2.05, 4.69) is 4.90 Å². The number of hydrogen-bond acceptors (Lipinski definition) is 3. The lowest BCUT2D eigenvalue weighted by Crippen LogP contribution is -2.29. The van der Waals surface area contributed by atoms with Crippen LogP contribution in [0.5, 0.6) is 0 Å². The van der Waals surface area contributed by atoms with E-state index in [9.17, 15) is 4.39 Å². The number of benzene rings is 1. The molecule has 0 radical (unpaired) electrons. The molecule has 1 aromatic rings. The summed E-state index contributed by atoms with van der Waals surface area (Å²) in [6, 6.07) is 6.81. The average molecular weight is 248 g/mol. The minimum absolute atomic E-state index is 0.191. The van der Waals surface area contributed by atoms with Crippen LogP contribution in [0.4, 0.5) is 10.1 Å². The van der Waals surface area contributed by atoms with E-state index >= 15 is 0 Å². The van der Waals surface area contributed by atoms with Crippen LogP contribution in [-0.2, 0) is 0 Å². The van der Waals surface area contributed by atoms with Crippen LogP contribution < -0.4 is 4.90 Å². The Balaban J connectivity index is 2.19. The first kappa shape index (κ1) is 12.8. The van der Waals surface area contributed by atoms with Crippen LogP contribution in [-0.4, -0.2) is 24.3 Å². The maximum absolute atomic E-state index is 13.4. The van der Waals surface area contributed by atoms with Gasteiger partial charge in [0.25, 0.3) is 0 Å². The molecule has 1 atom stereocenters. The van der Waals surface area contributed by atoms with Gasteiger partial charge in [-0.25, -0.2) is 4.39 Å². The lowest BCUT2D eigenvalue weighted by Gasteiger charge is -2.27. The van der Waals surface area contributed by atoms with E-state index in [4.69, 9.17) is 10.4 Å². The first-order chi connectivity index (χ1) is 8.74. The molecule has 1 aliphatic heterocycles. The molecule has 1 heterocycles. The largest absolute Gasteiger partial charge is 0.396 e. The number of rotatable bonds is 4. The Hall–Kier alpha value is -1.60. The van der Waals surface area contributed by atoms with Crippen molar-refractivity contribution < 1.29 is 9.50 Å². The molecule has 1 saturated heterocycles. The molecular weight excluding hydrogens is 231 g/mol. The van der Waals surface area contributed by atoms with Crippen LogP contribution in [0.15, 0.2) is 18.2 Å². The van der Waals surface area contributed by atoms with Crippen LogP contribution in [0.3, 0.4) is 0 Å². The molecule has 0 amide bonds. The first-order valence-electron chi connectivity index (χ1n) is 6.33. The lowest BCUT2D eigenvalue weighted by atomic mass is 10.1. The standard InChI is InChI=1S/C14H17FN2O/c15-12-7-11(10-16)8-14(9-12)17-5-1-3-13(17)4-2-6-18/h7-9,13,18H,1-6H2. The van der Waals surface area contributed by atoms with E-state index in [1.54, 1.807) is 6.07 Å². The van der Waals surface area contributed by atoms with E-state index in [1.165, 1.54) is 12.1 Å². The summed E-state index contributed by atoms with van der Waals surface area (Å²) in [6.07, 6.45) is 3.82. The summed E-state index contributed by atoms with van der Waals surface area (Å²) >= 11 is 0. The fourth-order valence-corrected chi connectivity index (χ4v) is 2.61. The van der Waals surface area contributed by atoms with Crippen molar-refractivity contribution >= 4 is 5.69 Å². The van der Waals surface area contributed by atoms with Crippen LogP contribution in [0.1, 0.15) is 31.2 Å². The molecular formula is C14H17FN2O. The van der Waals surface area contributed by atoms with Crippen molar-refractivity contribution in [3.8, 4) is 6.07 Å². The van der Waals surface area contributed by atoms with Crippen molar-refractivity contribution in [2.45, 2.75) is 31.7 Å². The van der Waals surface area contributed by atoms with Crippen molar-refractivity contribution in [2.75, 3.05) is 18.1 Å². The smallest absolute Gasteiger partial charge is 0.126 e. The monoisotopic (exact) mass is 248 g/mol. The molecule has 1 fully saturated rings. The Morgan fingerprint density at radius 2 is 2.28 bits per heavy atom. The highest BCUT2D eigenvalue weighted by molar-refractivity contribution is 5.53. The molecule has 0 aromatic heterocycles. The molecule has 2 rings (SSSR count). The van der Waals surface area contributed by atoms with Crippen LogP contribution in [0, 0.1) is 17.1 Å². The van der Waals surface area contributed by atoms with Gasteiger partial charge in [0.2, 0.25) is 0 Å². The quantitative estimate of drug-likeness (QED) is 0.890.